The van der Waals surface area contributed by atoms with E-state index in [1.54, 1.807) is 18.7 Å². The summed E-state index contributed by atoms with van der Waals surface area (Å²) in [4.78, 5) is 28.8. The molecule has 5 atom stereocenters. The van der Waals surface area contributed by atoms with Gasteiger partial charge in [0.05, 0.1) is 18.1 Å². The van der Waals surface area contributed by atoms with E-state index in [1.165, 1.54) is 17.7 Å². The van der Waals surface area contributed by atoms with Crippen molar-refractivity contribution in [3.05, 3.63) is 10.6 Å². The molecule has 4 heterocycles. The van der Waals surface area contributed by atoms with Crippen molar-refractivity contribution >= 4 is 23.6 Å². The Bertz CT molecular complexity index is 640. The molecule has 0 radical (unpaired) electrons. The van der Waals surface area contributed by atoms with Gasteiger partial charge in [0, 0.05) is 41.7 Å². The molecule has 3 fully saturated rings. The van der Waals surface area contributed by atoms with E-state index in [2.05, 4.69) is 10.2 Å². The molecule has 0 saturated carbocycles. The van der Waals surface area contributed by atoms with Crippen LogP contribution in [-0.2, 0) is 9.59 Å². The Hall–Kier alpha value is -1.09. The number of aliphatic carboxylic acids is 1. The predicted molar refractivity (Wildman–Crippen MR) is 98.5 cm³/mol. The molecule has 144 valence electrons. The van der Waals surface area contributed by atoms with Gasteiger partial charge in [-0.2, -0.15) is 0 Å². The highest BCUT2D eigenvalue weighted by atomic mass is 32.2. The smallest absolute Gasteiger partial charge is 0.353 e. The minimum absolute atomic E-state index is 0.0334. The molecule has 0 aromatic rings. The second-order valence-electron chi connectivity index (χ2n) is 8.02. The number of β-lactam (4-membered cyclic amide) rings is 1. The second-order valence-corrected chi connectivity index (χ2v) is 9.37. The summed E-state index contributed by atoms with van der Waals surface area (Å²) in [6.07, 6.45) is 1.74. The molecule has 4 aliphatic heterocycles. The molecule has 1 unspecified atom stereocenters. The van der Waals surface area contributed by atoms with Crippen molar-refractivity contribution in [2.45, 2.75) is 50.1 Å². The summed E-state index contributed by atoms with van der Waals surface area (Å²) in [6.45, 7) is 7.69. The molecule has 1 amide bonds. The molecule has 7 nitrogen and oxygen atoms in total. The fraction of sp³-hybridized carbons (Fsp3) is 0.778. The topological polar surface area (TPSA) is 93.1 Å². The van der Waals surface area contributed by atoms with Gasteiger partial charge < -0.3 is 20.4 Å². The number of hydrogen-bond donors (Lipinski definition) is 3. The Morgan fingerprint density at radius 1 is 1.42 bits per heavy atom. The highest BCUT2D eigenvalue weighted by molar-refractivity contribution is 8.03. The van der Waals surface area contributed by atoms with Gasteiger partial charge in [0.1, 0.15) is 5.70 Å². The average molecular weight is 381 g/mol. The molecule has 3 N–H and O–H groups in total. The van der Waals surface area contributed by atoms with Crippen molar-refractivity contribution in [3.8, 4) is 0 Å². The maximum Gasteiger partial charge on any atom is 0.353 e. The molecule has 0 spiro atoms. The average Bonchev–Trinajstić information content (AvgIpc) is 3.11. The van der Waals surface area contributed by atoms with Crippen molar-refractivity contribution in [1.82, 2.24) is 15.1 Å². The zero-order chi connectivity index (χ0) is 18.6. The van der Waals surface area contributed by atoms with Crippen LogP contribution in [0.1, 0.15) is 26.7 Å². The maximum absolute atomic E-state index is 12.3. The Labute approximate surface area is 157 Å². The van der Waals surface area contributed by atoms with Crippen molar-refractivity contribution < 1.29 is 19.8 Å². The van der Waals surface area contributed by atoms with Gasteiger partial charge in [-0.05, 0) is 26.3 Å². The number of aliphatic hydroxyl groups excluding tert-OH is 1. The lowest BCUT2D eigenvalue weighted by Gasteiger charge is -2.46. The van der Waals surface area contributed by atoms with Crippen LogP contribution < -0.4 is 5.32 Å². The lowest BCUT2D eigenvalue weighted by atomic mass is 9.79. The lowest BCUT2D eigenvalue weighted by molar-refractivity contribution is -0.163. The monoisotopic (exact) mass is 381 g/mol. The number of thioether (sulfide) groups is 1. The van der Waals surface area contributed by atoms with Crippen LogP contribution in [0, 0.1) is 11.8 Å². The van der Waals surface area contributed by atoms with Crippen LogP contribution >= 0.6 is 11.8 Å². The van der Waals surface area contributed by atoms with Crippen LogP contribution in [0.15, 0.2) is 10.6 Å². The SMILES string of the molecule is CC(O)[C@H]1C(=O)N2C(C(=O)O)=C(SC3CN(C[C@H]4CCCN4)C3)[C@H](C)[C@H]12. The summed E-state index contributed by atoms with van der Waals surface area (Å²) in [5.41, 5.74) is 0.144. The number of carboxylic acids is 1. The number of fused-ring (bicyclic) bond motifs is 1. The highest BCUT2D eigenvalue weighted by Crippen LogP contribution is 2.51. The lowest BCUT2D eigenvalue weighted by Crippen LogP contribution is -2.63. The number of nitrogens with one attached hydrogen (secondary N) is 1. The summed E-state index contributed by atoms with van der Waals surface area (Å²) >= 11 is 1.62. The minimum Gasteiger partial charge on any atom is -0.477 e. The molecule has 0 aliphatic carbocycles. The van der Waals surface area contributed by atoms with Gasteiger partial charge in [-0.25, -0.2) is 4.79 Å². The van der Waals surface area contributed by atoms with E-state index in [0.717, 1.165) is 31.1 Å². The first-order valence-corrected chi connectivity index (χ1v) is 10.4. The molecule has 0 aromatic heterocycles. The standard InChI is InChI=1S/C18H27N3O4S/c1-9-14-13(10(2)22)17(23)21(14)15(18(24)25)16(9)26-12-7-20(8-12)6-11-4-3-5-19-11/h9-14,19,22H,3-8H2,1-2H3,(H,24,25)/t9-,10?,11-,13-,14-/m1/s1. The van der Waals surface area contributed by atoms with E-state index in [4.69, 9.17) is 0 Å². The van der Waals surface area contributed by atoms with Crippen LogP contribution in [0.4, 0.5) is 0 Å². The number of carbonyl (C=O) groups excluding carboxylic acids is 1. The summed E-state index contributed by atoms with van der Waals surface area (Å²) in [7, 11) is 0. The molecule has 26 heavy (non-hydrogen) atoms. The van der Waals surface area contributed by atoms with E-state index < -0.39 is 18.0 Å². The van der Waals surface area contributed by atoms with Crippen LogP contribution in [0.25, 0.3) is 0 Å². The number of hydrogen-bond acceptors (Lipinski definition) is 6. The molecular formula is C18H27N3O4S. The second kappa shape index (κ2) is 6.82. The number of carboxylic acid groups (broad SMARTS) is 1. The Balaban J connectivity index is 1.41. The third-order valence-corrected chi connectivity index (χ3v) is 7.62. The van der Waals surface area contributed by atoms with Gasteiger partial charge >= 0.3 is 5.97 Å². The quantitative estimate of drug-likeness (QED) is 0.570. The number of carbonyl (C=O) groups is 2. The normalized spacial score (nSPS) is 36.1. The third-order valence-electron chi connectivity index (χ3n) is 6.17. The summed E-state index contributed by atoms with van der Waals surface area (Å²) in [5, 5.41) is 23.4. The molecule has 0 bridgehead atoms. The van der Waals surface area contributed by atoms with E-state index >= 15 is 0 Å². The van der Waals surface area contributed by atoms with E-state index in [0.29, 0.717) is 11.3 Å². The summed E-state index contributed by atoms with van der Waals surface area (Å²) in [6, 6.07) is 0.376. The first-order valence-electron chi connectivity index (χ1n) is 9.49. The molecule has 8 heteroatoms. The fourth-order valence-corrected chi connectivity index (χ4v) is 6.41. The maximum atomic E-state index is 12.3. The largest absolute Gasteiger partial charge is 0.477 e. The Morgan fingerprint density at radius 2 is 2.15 bits per heavy atom. The van der Waals surface area contributed by atoms with Gasteiger partial charge in [-0.15, -0.1) is 11.8 Å². The van der Waals surface area contributed by atoms with Gasteiger partial charge in [-0.1, -0.05) is 6.92 Å². The molecule has 0 aromatic carbocycles. The van der Waals surface area contributed by atoms with Gasteiger partial charge in [-0.3, -0.25) is 9.69 Å². The fourth-order valence-electron chi connectivity index (χ4n) is 4.83. The van der Waals surface area contributed by atoms with E-state index in [9.17, 15) is 19.8 Å². The van der Waals surface area contributed by atoms with Gasteiger partial charge in [0.2, 0.25) is 5.91 Å². The number of nitrogens with zero attached hydrogens (tertiary/aromatic N) is 2. The first-order chi connectivity index (χ1) is 12.4. The zero-order valence-corrected chi connectivity index (χ0v) is 16.0. The highest BCUT2D eigenvalue weighted by Gasteiger charge is 2.60. The van der Waals surface area contributed by atoms with Gasteiger partial charge in [0.15, 0.2) is 0 Å². The minimum atomic E-state index is -1.04. The van der Waals surface area contributed by atoms with Crippen LogP contribution in [0.5, 0.6) is 0 Å². The number of rotatable bonds is 6. The predicted octanol–water partition coefficient (Wildman–Crippen LogP) is 0.310. The van der Waals surface area contributed by atoms with E-state index in [1.807, 2.05) is 6.92 Å². The Kier molecular flexibility index (Phi) is 4.79. The first kappa shape index (κ1) is 18.3. The molecule has 4 aliphatic rings. The van der Waals surface area contributed by atoms with Crippen molar-refractivity contribution in [2.75, 3.05) is 26.2 Å². The van der Waals surface area contributed by atoms with Crippen LogP contribution in [0.2, 0.25) is 0 Å². The number of likely N-dealkylation sites (tertiary alicyclic amines) is 1. The zero-order valence-electron chi connectivity index (χ0n) is 15.2. The Morgan fingerprint density at radius 3 is 2.73 bits per heavy atom. The molecule has 4 rings (SSSR count). The van der Waals surface area contributed by atoms with Crippen molar-refractivity contribution in [3.63, 3.8) is 0 Å². The third kappa shape index (κ3) is 2.87. The summed E-state index contributed by atoms with van der Waals surface area (Å²) in [5.74, 6) is -1.81. The number of aliphatic hydroxyl groups is 1. The number of amides is 1. The molecular weight excluding hydrogens is 354 g/mol. The van der Waals surface area contributed by atoms with Gasteiger partial charge in [0.25, 0.3) is 0 Å². The van der Waals surface area contributed by atoms with Crippen LogP contribution in [0.3, 0.4) is 0 Å². The van der Waals surface area contributed by atoms with Crippen molar-refractivity contribution in [1.29, 1.82) is 0 Å². The van der Waals surface area contributed by atoms with E-state index in [-0.39, 0.29) is 23.6 Å². The van der Waals surface area contributed by atoms with Crippen molar-refractivity contribution in [2.24, 2.45) is 11.8 Å². The van der Waals surface area contributed by atoms with Crippen LogP contribution in [-0.4, -0.2) is 81.5 Å². The summed E-state index contributed by atoms with van der Waals surface area (Å²) < 4.78 is 0. The molecule has 3 saturated heterocycles.